The number of hydrogen-bond acceptors (Lipinski definition) is 7. The van der Waals surface area contributed by atoms with Crippen molar-refractivity contribution in [2.45, 2.75) is 0 Å². The molecule has 0 amide bonds. The van der Waals surface area contributed by atoms with Gasteiger partial charge in [0.1, 0.15) is 13.2 Å². The Bertz CT molecular complexity index is 200. The van der Waals surface area contributed by atoms with E-state index in [1.165, 1.54) is 0 Å². The Kier molecular flexibility index (Phi) is 4.56. The van der Waals surface area contributed by atoms with Gasteiger partial charge < -0.3 is 14.8 Å². The van der Waals surface area contributed by atoms with E-state index in [1.54, 1.807) is 0 Å². The smallest absolute Gasteiger partial charge is 0.294 e. The van der Waals surface area contributed by atoms with E-state index >= 15 is 0 Å². The van der Waals surface area contributed by atoms with Crippen LogP contribution in [0.4, 0.5) is 0 Å². The summed E-state index contributed by atoms with van der Waals surface area (Å²) in [6, 6.07) is 0. The van der Waals surface area contributed by atoms with Crippen LogP contribution >= 0.6 is 0 Å². The van der Waals surface area contributed by atoms with Crippen LogP contribution in [0.2, 0.25) is 0 Å². The lowest BCUT2D eigenvalue weighted by Gasteiger charge is -2.23. The molecule has 1 N–H and O–H groups in total. The highest BCUT2D eigenvalue weighted by Crippen LogP contribution is 2.15. The molecule has 9 heteroatoms. The molecule has 0 unspecified atom stereocenters. The molecule has 0 aromatic heterocycles. The summed E-state index contributed by atoms with van der Waals surface area (Å²) >= 11 is 0. The molecule has 0 aliphatic carbocycles. The molecule has 0 rings (SSSR count). The normalized spacial score (nSPS) is 10.7. The Morgan fingerprint density at radius 3 is 1.79 bits per heavy atom. The molecule has 1 radical (unpaired) electrons. The van der Waals surface area contributed by atoms with Crippen molar-refractivity contribution in [1.29, 1.82) is 0 Å². The molecular formula is C5H9N2O7. The Balaban J connectivity index is 4.03. The van der Waals surface area contributed by atoms with E-state index in [9.17, 15) is 20.2 Å². The van der Waals surface area contributed by atoms with Gasteiger partial charge >= 0.3 is 0 Å². The SMILES string of the molecule is [CH2]C(CO)(CO[N+](=O)[O-])CO[N+](=O)[O-]. The highest BCUT2D eigenvalue weighted by molar-refractivity contribution is 4.79. The van der Waals surface area contributed by atoms with Crippen LogP contribution < -0.4 is 0 Å². The average Bonchev–Trinajstić information content (AvgIpc) is 2.11. The first-order valence-corrected chi connectivity index (χ1v) is 3.40. The predicted molar refractivity (Wildman–Crippen MR) is 40.8 cm³/mol. The maximum atomic E-state index is 9.80. The molecule has 0 aliphatic heterocycles. The molecule has 0 fully saturated rings. The van der Waals surface area contributed by atoms with Crippen molar-refractivity contribution in [2.24, 2.45) is 5.41 Å². The highest BCUT2D eigenvalue weighted by atomic mass is 17.0. The van der Waals surface area contributed by atoms with Crippen molar-refractivity contribution in [3.05, 3.63) is 27.2 Å². The predicted octanol–water partition coefficient (Wildman–Crippen LogP) is -0.784. The minimum absolute atomic E-state index is 0.579. The lowest BCUT2D eigenvalue weighted by molar-refractivity contribution is -0.771. The van der Waals surface area contributed by atoms with Gasteiger partial charge in [0.25, 0.3) is 10.2 Å². The zero-order valence-corrected chi connectivity index (χ0v) is 7.12. The summed E-state index contributed by atoms with van der Waals surface area (Å²) in [4.78, 5) is 27.5. The molecule has 0 aromatic rings. The van der Waals surface area contributed by atoms with Gasteiger partial charge in [-0.15, -0.1) is 20.2 Å². The fraction of sp³-hybridized carbons (Fsp3) is 0.800. The number of nitrogens with zero attached hydrogens (tertiary/aromatic N) is 2. The summed E-state index contributed by atoms with van der Waals surface area (Å²) in [5.41, 5.74) is -1.42. The summed E-state index contributed by atoms with van der Waals surface area (Å²) in [6.07, 6.45) is 0. The van der Waals surface area contributed by atoms with Crippen LogP contribution in [-0.2, 0) is 9.68 Å². The Labute approximate surface area is 78.4 Å². The van der Waals surface area contributed by atoms with Crippen molar-refractivity contribution in [2.75, 3.05) is 19.8 Å². The van der Waals surface area contributed by atoms with E-state index in [2.05, 4.69) is 16.6 Å². The van der Waals surface area contributed by atoms with E-state index in [1.807, 2.05) is 0 Å². The second-order valence-corrected chi connectivity index (χ2v) is 2.65. The molecule has 14 heavy (non-hydrogen) atoms. The highest BCUT2D eigenvalue weighted by Gasteiger charge is 2.27. The molecule has 0 saturated carbocycles. The monoisotopic (exact) mass is 209 g/mol. The number of hydrogen-bond donors (Lipinski definition) is 1. The zero-order chi connectivity index (χ0) is 11.2. The first kappa shape index (κ1) is 12.4. The van der Waals surface area contributed by atoms with E-state index in [0.717, 1.165) is 0 Å². The molecule has 0 heterocycles. The van der Waals surface area contributed by atoms with Crippen molar-refractivity contribution in [1.82, 2.24) is 0 Å². The van der Waals surface area contributed by atoms with Crippen LogP contribution in [0.1, 0.15) is 0 Å². The Hall–Kier alpha value is -1.64. The molecule has 0 aliphatic rings. The summed E-state index contributed by atoms with van der Waals surface area (Å²) in [5.74, 6) is 0. The van der Waals surface area contributed by atoms with Crippen LogP contribution in [0.15, 0.2) is 0 Å². The van der Waals surface area contributed by atoms with Gasteiger partial charge in [0, 0.05) is 5.41 Å². The molecule has 0 aromatic carbocycles. The van der Waals surface area contributed by atoms with Gasteiger partial charge in [-0.05, 0) is 6.92 Å². The third kappa shape index (κ3) is 5.09. The van der Waals surface area contributed by atoms with E-state index in [-0.39, 0.29) is 0 Å². The first-order chi connectivity index (χ1) is 6.39. The van der Waals surface area contributed by atoms with E-state index < -0.39 is 35.4 Å². The molecule has 0 atom stereocenters. The number of rotatable bonds is 7. The lowest BCUT2D eigenvalue weighted by Crippen LogP contribution is -2.35. The largest absolute Gasteiger partial charge is 0.396 e. The topological polar surface area (TPSA) is 125 Å². The standard InChI is InChI=1S/C5H9N2O7/c1-5(2-8,3-13-6(9)10)4-14-7(11)12/h8H,1-4H2. The Morgan fingerprint density at radius 1 is 1.21 bits per heavy atom. The first-order valence-electron chi connectivity index (χ1n) is 3.40. The quantitative estimate of drug-likeness (QED) is 0.430. The average molecular weight is 209 g/mol. The van der Waals surface area contributed by atoms with Crippen molar-refractivity contribution in [3.63, 3.8) is 0 Å². The molecule has 0 spiro atoms. The van der Waals surface area contributed by atoms with Crippen LogP contribution in [0.5, 0.6) is 0 Å². The number of aliphatic hydroxyl groups excluding tert-OH is 1. The van der Waals surface area contributed by atoms with Crippen molar-refractivity contribution < 1.29 is 25.0 Å². The molecular weight excluding hydrogens is 200 g/mol. The third-order valence-electron chi connectivity index (χ3n) is 1.29. The minimum Gasteiger partial charge on any atom is -0.396 e. The van der Waals surface area contributed by atoms with E-state index in [0.29, 0.717) is 0 Å². The summed E-state index contributed by atoms with van der Waals surface area (Å²) in [7, 11) is 0. The third-order valence-corrected chi connectivity index (χ3v) is 1.29. The molecule has 0 bridgehead atoms. The molecule has 81 valence electrons. The van der Waals surface area contributed by atoms with Crippen LogP contribution in [0.25, 0.3) is 0 Å². The zero-order valence-electron chi connectivity index (χ0n) is 7.12. The Morgan fingerprint density at radius 2 is 1.57 bits per heavy atom. The fourth-order valence-electron chi connectivity index (χ4n) is 0.512. The van der Waals surface area contributed by atoms with Gasteiger partial charge in [-0.3, -0.25) is 0 Å². The van der Waals surface area contributed by atoms with Gasteiger partial charge in [0.2, 0.25) is 0 Å². The van der Waals surface area contributed by atoms with Crippen LogP contribution in [0.3, 0.4) is 0 Å². The van der Waals surface area contributed by atoms with Crippen molar-refractivity contribution >= 4 is 0 Å². The fourth-order valence-corrected chi connectivity index (χ4v) is 0.512. The summed E-state index contributed by atoms with van der Waals surface area (Å²) in [5, 5.41) is 26.2. The summed E-state index contributed by atoms with van der Waals surface area (Å²) in [6.45, 7) is 1.53. The maximum absolute atomic E-state index is 9.80. The van der Waals surface area contributed by atoms with E-state index in [4.69, 9.17) is 5.11 Å². The minimum atomic E-state index is -1.42. The number of aliphatic hydroxyl groups is 1. The van der Waals surface area contributed by atoms with Crippen molar-refractivity contribution in [3.8, 4) is 0 Å². The van der Waals surface area contributed by atoms with Gasteiger partial charge in [-0.1, -0.05) is 0 Å². The van der Waals surface area contributed by atoms with Gasteiger partial charge in [0.05, 0.1) is 6.61 Å². The molecule has 9 nitrogen and oxygen atoms in total. The van der Waals surface area contributed by atoms with Gasteiger partial charge in [-0.2, -0.15) is 0 Å². The second kappa shape index (κ2) is 5.17. The van der Waals surface area contributed by atoms with Crippen LogP contribution in [0, 0.1) is 32.6 Å². The van der Waals surface area contributed by atoms with Crippen LogP contribution in [-0.4, -0.2) is 35.1 Å². The maximum Gasteiger partial charge on any atom is 0.294 e. The summed E-state index contributed by atoms with van der Waals surface area (Å²) < 4.78 is 0. The van der Waals surface area contributed by atoms with Gasteiger partial charge in [0.15, 0.2) is 0 Å². The lowest BCUT2D eigenvalue weighted by atomic mass is 9.95. The van der Waals surface area contributed by atoms with Gasteiger partial charge in [-0.25, -0.2) is 0 Å². The molecule has 0 saturated heterocycles. The second-order valence-electron chi connectivity index (χ2n) is 2.65.